The average molecular weight is 260 g/mol. The molecule has 15 heavy (non-hydrogen) atoms. The molecule has 0 amide bonds. The summed E-state index contributed by atoms with van der Waals surface area (Å²) in [4.78, 5) is 0. The summed E-state index contributed by atoms with van der Waals surface area (Å²) in [6.45, 7) is 0. The first-order valence-corrected chi connectivity index (χ1v) is 4.37. The van der Waals surface area contributed by atoms with Crippen molar-refractivity contribution in [3.8, 4) is 0 Å². The summed E-state index contributed by atoms with van der Waals surface area (Å²) in [5.74, 6) is -0.720. The summed E-state index contributed by atoms with van der Waals surface area (Å²) in [6, 6.07) is 3.16. The normalized spacial score (nSPS) is 12.4. The van der Waals surface area contributed by atoms with E-state index in [0.717, 1.165) is 0 Å². The van der Waals surface area contributed by atoms with Crippen LogP contribution in [0.25, 0.3) is 0 Å². The highest BCUT2D eigenvalue weighted by Gasteiger charge is 2.17. The van der Waals surface area contributed by atoms with E-state index in [1.807, 2.05) is 0 Å². The highest BCUT2D eigenvalue weighted by atomic mass is 35.5. The summed E-state index contributed by atoms with van der Waals surface area (Å²) in [7, 11) is 0. The van der Waals surface area contributed by atoms with E-state index in [4.69, 9.17) is 17.3 Å². The van der Waals surface area contributed by atoms with Crippen LogP contribution < -0.4 is 5.73 Å². The summed E-state index contributed by atoms with van der Waals surface area (Å²) >= 11 is 5.48. The van der Waals surface area contributed by atoms with E-state index in [2.05, 4.69) is 0 Å². The number of benzene rings is 1. The quantitative estimate of drug-likeness (QED) is 0.883. The van der Waals surface area contributed by atoms with E-state index >= 15 is 0 Å². The third-order valence-electron chi connectivity index (χ3n) is 1.81. The van der Waals surface area contributed by atoms with Gasteiger partial charge in [-0.2, -0.15) is 0 Å². The van der Waals surface area contributed by atoms with E-state index in [1.165, 1.54) is 18.2 Å². The SMILES string of the molecule is Cl.N[C@H](CC(F)F)c1cccc(Cl)c1F. The molecule has 0 saturated carbocycles. The predicted octanol–water partition coefficient (Wildman–Crippen LogP) is 3.56. The molecule has 0 spiro atoms. The number of hydrogen-bond donors (Lipinski definition) is 1. The van der Waals surface area contributed by atoms with Crippen LogP contribution in [0.3, 0.4) is 0 Å². The second-order valence-corrected chi connectivity index (χ2v) is 3.28. The van der Waals surface area contributed by atoms with Gasteiger partial charge < -0.3 is 5.73 Å². The molecule has 1 atom stereocenters. The minimum absolute atomic E-state index is 0. The Bertz CT molecular complexity index is 320. The molecule has 0 aliphatic carbocycles. The van der Waals surface area contributed by atoms with Crippen LogP contribution in [0.15, 0.2) is 18.2 Å². The molecule has 0 bridgehead atoms. The van der Waals surface area contributed by atoms with Gasteiger partial charge in [-0.25, -0.2) is 13.2 Å². The Hall–Kier alpha value is -0.450. The lowest BCUT2D eigenvalue weighted by Crippen LogP contribution is -2.15. The zero-order chi connectivity index (χ0) is 10.7. The first-order valence-electron chi connectivity index (χ1n) is 4.00. The molecular formula is C9H10Cl2F3N. The van der Waals surface area contributed by atoms with Gasteiger partial charge in [-0.15, -0.1) is 12.4 Å². The molecule has 1 aromatic rings. The van der Waals surface area contributed by atoms with Gasteiger partial charge in [-0.05, 0) is 6.07 Å². The first-order chi connectivity index (χ1) is 6.52. The van der Waals surface area contributed by atoms with Crippen molar-refractivity contribution in [2.24, 2.45) is 5.73 Å². The van der Waals surface area contributed by atoms with Gasteiger partial charge in [0.15, 0.2) is 0 Å². The molecule has 0 heterocycles. The largest absolute Gasteiger partial charge is 0.324 e. The maximum atomic E-state index is 13.2. The van der Waals surface area contributed by atoms with Crippen molar-refractivity contribution in [3.63, 3.8) is 0 Å². The molecule has 0 fully saturated rings. The van der Waals surface area contributed by atoms with Gasteiger partial charge >= 0.3 is 0 Å². The van der Waals surface area contributed by atoms with E-state index < -0.39 is 24.7 Å². The molecular weight excluding hydrogens is 250 g/mol. The molecule has 86 valence electrons. The molecule has 0 unspecified atom stereocenters. The molecule has 0 radical (unpaired) electrons. The summed E-state index contributed by atoms with van der Waals surface area (Å²) in [5, 5.41) is -0.104. The van der Waals surface area contributed by atoms with Crippen LogP contribution in [0, 0.1) is 5.82 Å². The van der Waals surface area contributed by atoms with Crippen molar-refractivity contribution >= 4 is 24.0 Å². The van der Waals surface area contributed by atoms with E-state index in [0.29, 0.717) is 0 Å². The Kier molecular flexibility index (Phi) is 6.02. The number of rotatable bonds is 3. The molecule has 0 saturated heterocycles. The Morgan fingerprint density at radius 2 is 1.93 bits per heavy atom. The lowest BCUT2D eigenvalue weighted by Gasteiger charge is -2.12. The number of hydrogen-bond acceptors (Lipinski definition) is 1. The summed E-state index contributed by atoms with van der Waals surface area (Å²) in [6.07, 6.45) is -3.12. The summed E-state index contributed by atoms with van der Waals surface area (Å²) < 4.78 is 37.2. The maximum absolute atomic E-state index is 13.2. The molecule has 1 aromatic carbocycles. The summed E-state index contributed by atoms with van der Waals surface area (Å²) in [5.41, 5.74) is 5.41. The zero-order valence-corrected chi connectivity index (χ0v) is 9.16. The third kappa shape index (κ3) is 3.89. The lowest BCUT2D eigenvalue weighted by atomic mass is 10.0. The van der Waals surface area contributed by atoms with E-state index in [-0.39, 0.29) is 23.0 Å². The fraction of sp³-hybridized carbons (Fsp3) is 0.333. The van der Waals surface area contributed by atoms with Crippen molar-refractivity contribution in [1.82, 2.24) is 0 Å². The number of halogens is 5. The van der Waals surface area contributed by atoms with Crippen LogP contribution in [-0.2, 0) is 0 Å². The van der Waals surface area contributed by atoms with Crippen LogP contribution in [0.2, 0.25) is 5.02 Å². The van der Waals surface area contributed by atoms with Crippen LogP contribution in [-0.4, -0.2) is 6.43 Å². The van der Waals surface area contributed by atoms with Gasteiger partial charge in [0.05, 0.1) is 5.02 Å². The first kappa shape index (κ1) is 14.6. The average Bonchev–Trinajstić information content (AvgIpc) is 2.08. The molecule has 1 nitrogen and oxygen atoms in total. The lowest BCUT2D eigenvalue weighted by molar-refractivity contribution is 0.128. The van der Waals surface area contributed by atoms with Crippen molar-refractivity contribution in [2.75, 3.05) is 0 Å². The Morgan fingerprint density at radius 3 is 2.47 bits per heavy atom. The molecule has 0 aliphatic heterocycles. The smallest absolute Gasteiger partial charge is 0.240 e. The van der Waals surface area contributed by atoms with Gasteiger partial charge in [0, 0.05) is 18.0 Å². The van der Waals surface area contributed by atoms with Crippen molar-refractivity contribution < 1.29 is 13.2 Å². The number of nitrogens with two attached hydrogens (primary N) is 1. The Labute approximate surface area is 96.8 Å². The van der Waals surface area contributed by atoms with Gasteiger partial charge in [-0.1, -0.05) is 23.7 Å². The van der Waals surface area contributed by atoms with Crippen LogP contribution in [0.4, 0.5) is 13.2 Å². The molecule has 2 N–H and O–H groups in total. The van der Waals surface area contributed by atoms with E-state index in [1.54, 1.807) is 0 Å². The van der Waals surface area contributed by atoms with Crippen molar-refractivity contribution in [3.05, 3.63) is 34.6 Å². The van der Waals surface area contributed by atoms with Gasteiger partial charge in [0.2, 0.25) is 6.43 Å². The van der Waals surface area contributed by atoms with Gasteiger partial charge in [0.1, 0.15) is 5.82 Å². The minimum atomic E-state index is -2.55. The fourth-order valence-electron chi connectivity index (χ4n) is 1.13. The minimum Gasteiger partial charge on any atom is -0.324 e. The third-order valence-corrected chi connectivity index (χ3v) is 2.10. The van der Waals surface area contributed by atoms with Gasteiger partial charge in [0.25, 0.3) is 0 Å². The van der Waals surface area contributed by atoms with Crippen molar-refractivity contribution in [1.29, 1.82) is 0 Å². The van der Waals surface area contributed by atoms with Crippen molar-refractivity contribution in [2.45, 2.75) is 18.9 Å². The second kappa shape index (κ2) is 6.20. The van der Waals surface area contributed by atoms with Crippen LogP contribution in [0.1, 0.15) is 18.0 Å². The Morgan fingerprint density at radius 1 is 1.33 bits per heavy atom. The topological polar surface area (TPSA) is 26.0 Å². The van der Waals surface area contributed by atoms with Crippen LogP contribution in [0.5, 0.6) is 0 Å². The number of alkyl halides is 2. The molecule has 1 rings (SSSR count). The highest BCUT2D eigenvalue weighted by molar-refractivity contribution is 6.30. The fourth-order valence-corrected chi connectivity index (χ4v) is 1.31. The maximum Gasteiger partial charge on any atom is 0.240 e. The highest BCUT2D eigenvalue weighted by Crippen LogP contribution is 2.25. The predicted molar refractivity (Wildman–Crippen MR) is 56.2 cm³/mol. The monoisotopic (exact) mass is 259 g/mol. The molecule has 0 aliphatic rings. The standard InChI is InChI=1S/C9H9ClF3N.ClH/c10-6-3-1-2-5(9(6)13)7(14)4-8(11)12;/h1-3,7-8H,4,14H2;1H/t7-;/m1./s1. The van der Waals surface area contributed by atoms with Crippen LogP contribution >= 0.6 is 24.0 Å². The second-order valence-electron chi connectivity index (χ2n) is 2.88. The zero-order valence-electron chi connectivity index (χ0n) is 7.59. The molecule has 0 aromatic heterocycles. The molecule has 6 heteroatoms. The van der Waals surface area contributed by atoms with E-state index in [9.17, 15) is 13.2 Å². The van der Waals surface area contributed by atoms with Gasteiger partial charge in [-0.3, -0.25) is 0 Å². The Balaban J connectivity index is 0.00000196.